The van der Waals surface area contributed by atoms with Crippen molar-refractivity contribution >= 4 is 23.7 Å². The predicted octanol–water partition coefficient (Wildman–Crippen LogP) is 1.16. The molecular formula is C5H6N2O2S. The summed E-state index contributed by atoms with van der Waals surface area (Å²) in [5.74, 6) is 0.458. The van der Waals surface area contributed by atoms with Crippen molar-refractivity contribution < 1.29 is 9.32 Å². The van der Waals surface area contributed by atoms with Crippen LogP contribution in [0.5, 0.6) is 0 Å². The summed E-state index contributed by atoms with van der Waals surface area (Å²) in [7, 11) is 1.56. The van der Waals surface area contributed by atoms with Crippen LogP contribution in [-0.2, 0) is 0 Å². The molecule has 0 saturated carbocycles. The molecule has 1 amide bonds. The molecule has 1 aromatic rings. The van der Waals surface area contributed by atoms with Crippen LogP contribution < -0.4 is 4.90 Å². The minimum Gasteiger partial charge on any atom is -0.363 e. The fraction of sp³-hybridized carbons (Fsp3) is 0.200. The molecule has 1 rings (SSSR count). The molecule has 54 valence electrons. The van der Waals surface area contributed by atoms with E-state index in [1.807, 2.05) is 0 Å². The van der Waals surface area contributed by atoms with Gasteiger partial charge in [-0.1, -0.05) is 17.8 Å². The van der Waals surface area contributed by atoms with Gasteiger partial charge < -0.3 is 4.52 Å². The van der Waals surface area contributed by atoms with Crippen LogP contribution in [0.15, 0.2) is 16.9 Å². The summed E-state index contributed by atoms with van der Waals surface area (Å²) >= 11 is 3.58. The predicted molar refractivity (Wildman–Crippen MR) is 39.3 cm³/mol. The lowest BCUT2D eigenvalue weighted by atomic mass is 10.6. The highest BCUT2D eigenvalue weighted by atomic mass is 32.1. The lowest BCUT2D eigenvalue weighted by Crippen LogP contribution is -2.19. The van der Waals surface area contributed by atoms with E-state index >= 15 is 0 Å². The number of carbonyl (C=O) groups is 1. The van der Waals surface area contributed by atoms with Crippen LogP contribution in [0.3, 0.4) is 0 Å². The van der Waals surface area contributed by atoms with Gasteiger partial charge in [0, 0.05) is 13.1 Å². The van der Waals surface area contributed by atoms with Crippen molar-refractivity contribution in [3.8, 4) is 0 Å². The molecule has 0 aromatic carbocycles. The number of aromatic nitrogens is 1. The van der Waals surface area contributed by atoms with Gasteiger partial charge in [0.1, 0.15) is 6.26 Å². The number of amides is 1. The molecule has 1 heterocycles. The van der Waals surface area contributed by atoms with Gasteiger partial charge >= 0.3 is 0 Å². The van der Waals surface area contributed by atoms with Crippen molar-refractivity contribution in [3.63, 3.8) is 0 Å². The molecule has 5 heteroatoms. The summed E-state index contributed by atoms with van der Waals surface area (Å²) in [4.78, 5) is 11.8. The average molecular weight is 158 g/mol. The quantitative estimate of drug-likeness (QED) is 0.624. The fourth-order valence-corrected chi connectivity index (χ4v) is 0.580. The van der Waals surface area contributed by atoms with Gasteiger partial charge in [-0.3, -0.25) is 9.69 Å². The summed E-state index contributed by atoms with van der Waals surface area (Å²) in [5, 5.41) is 3.15. The summed E-state index contributed by atoms with van der Waals surface area (Å²) in [6, 6.07) is 1.58. The van der Waals surface area contributed by atoms with Gasteiger partial charge in [0.2, 0.25) is 0 Å². The molecule has 0 N–H and O–H groups in total. The third-order valence-corrected chi connectivity index (χ3v) is 1.35. The Labute approximate surface area is 63.2 Å². The van der Waals surface area contributed by atoms with Gasteiger partial charge in [0.15, 0.2) is 5.82 Å². The summed E-state index contributed by atoms with van der Waals surface area (Å²) < 4.78 is 4.51. The van der Waals surface area contributed by atoms with E-state index < -0.39 is 0 Å². The highest BCUT2D eigenvalue weighted by Gasteiger charge is 2.07. The van der Waals surface area contributed by atoms with Crippen LogP contribution in [0.25, 0.3) is 0 Å². The monoisotopic (exact) mass is 158 g/mol. The van der Waals surface area contributed by atoms with Gasteiger partial charge in [-0.15, -0.1) is 0 Å². The normalized spacial score (nSPS) is 9.40. The third kappa shape index (κ3) is 1.30. The molecule has 0 fully saturated rings. The van der Waals surface area contributed by atoms with Crippen LogP contribution in [0.4, 0.5) is 10.6 Å². The second-order valence-electron chi connectivity index (χ2n) is 1.70. The zero-order valence-corrected chi connectivity index (χ0v) is 6.21. The Balaban J connectivity index is 2.77. The van der Waals surface area contributed by atoms with Gasteiger partial charge in [0.05, 0.1) is 0 Å². The molecule has 10 heavy (non-hydrogen) atoms. The number of rotatable bonds is 1. The number of hydrogen-bond acceptors (Lipinski definition) is 3. The first-order valence-electron chi connectivity index (χ1n) is 2.59. The van der Waals surface area contributed by atoms with Crippen molar-refractivity contribution in [3.05, 3.63) is 12.3 Å². The van der Waals surface area contributed by atoms with Gasteiger partial charge in [-0.05, 0) is 0 Å². The Kier molecular flexibility index (Phi) is 1.96. The number of nitrogens with zero attached hydrogens (tertiary/aromatic N) is 2. The first kappa shape index (κ1) is 7.14. The third-order valence-electron chi connectivity index (χ3n) is 1.05. The molecule has 0 aliphatic heterocycles. The molecule has 0 saturated heterocycles. The fourth-order valence-electron chi connectivity index (χ4n) is 0.477. The summed E-state index contributed by atoms with van der Waals surface area (Å²) in [6.45, 7) is 0. The Bertz CT molecular complexity index is 222. The molecule has 0 bridgehead atoms. The van der Waals surface area contributed by atoms with Crippen LogP contribution in [0.1, 0.15) is 0 Å². The van der Waals surface area contributed by atoms with Gasteiger partial charge in [-0.25, -0.2) is 0 Å². The number of anilines is 1. The molecule has 0 atom stereocenters. The van der Waals surface area contributed by atoms with Crippen molar-refractivity contribution in [1.29, 1.82) is 0 Å². The zero-order valence-electron chi connectivity index (χ0n) is 5.31. The van der Waals surface area contributed by atoms with E-state index in [9.17, 15) is 4.79 Å². The Morgan fingerprint density at radius 3 is 3.00 bits per heavy atom. The maximum absolute atomic E-state index is 10.6. The lowest BCUT2D eigenvalue weighted by Gasteiger charge is -2.07. The molecule has 1 aromatic heterocycles. The van der Waals surface area contributed by atoms with E-state index in [1.165, 1.54) is 11.2 Å². The first-order valence-corrected chi connectivity index (χ1v) is 3.03. The molecule has 0 spiro atoms. The average Bonchev–Trinajstić information content (AvgIpc) is 2.36. The van der Waals surface area contributed by atoms with E-state index in [-0.39, 0.29) is 5.24 Å². The number of thiol groups is 1. The molecule has 4 nitrogen and oxygen atoms in total. The highest BCUT2D eigenvalue weighted by Crippen LogP contribution is 2.08. The molecule has 0 unspecified atom stereocenters. The Morgan fingerprint density at radius 2 is 2.60 bits per heavy atom. The van der Waals surface area contributed by atoms with Crippen molar-refractivity contribution in [1.82, 2.24) is 5.16 Å². The molecular weight excluding hydrogens is 152 g/mol. The summed E-state index contributed by atoms with van der Waals surface area (Å²) in [6.07, 6.45) is 1.39. The first-order chi connectivity index (χ1) is 4.72. The van der Waals surface area contributed by atoms with Crippen molar-refractivity contribution in [2.75, 3.05) is 11.9 Å². The highest BCUT2D eigenvalue weighted by molar-refractivity contribution is 7.96. The SMILES string of the molecule is CN(C(=O)S)c1ccon1. The Morgan fingerprint density at radius 1 is 1.90 bits per heavy atom. The van der Waals surface area contributed by atoms with Gasteiger partial charge in [-0.2, -0.15) is 0 Å². The van der Waals surface area contributed by atoms with Crippen molar-refractivity contribution in [2.45, 2.75) is 0 Å². The van der Waals surface area contributed by atoms with Gasteiger partial charge in [0.25, 0.3) is 5.24 Å². The van der Waals surface area contributed by atoms with Crippen LogP contribution >= 0.6 is 12.6 Å². The smallest absolute Gasteiger partial charge is 0.283 e. The molecule has 0 radical (unpaired) electrons. The minimum absolute atomic E-state index is 0.367. The topological polar surface area (TPSA) is 46.3 Å². The largest absolute Gasteiger partial charge is 0.363 e. The van der Waals surface area contributed by atoms with E-state index in [1.54, 1.807) is 13.1 Å². The standard InChI is InChI=1S/C5H6N2O2S/c1-7(5(8)10)4-2-3-9-6-4/h2-3H,1H3,(H,8,10). The second-order valence-corrected chi connectivity index (χ2v) is 2.08. The maximum atomic E-state index is 10.6. The number of carbonyl (C=O) groups excluding carboxylic acids is 1. The number of hydrogen-bond donors (Lipinski definition) is 1. The Hall–Kier alpha value is -0.970. The van der Waals surface area contributed by atoms with Crippen LogP contribution in [0.2, 0.25) is 0 Å². The van der Waals surface area contributed by atoms with Crippen molar-refractivity contribution in [2.24, 2.45) is 0 Å². The maximum Gasteiger partial charge on any atom is 0.283 e. The van der Waals surface area contributed by atoms with E-state index in [4.69, 9.17) is 0 Å². The van der Waals surface area contributed by atoms with Crippen LogP contribution in [-0.4, -0.2) is 17.4 Å². The second kappa shape index (κ2) is 2.74. The lowest BCUT2D eigenvalue weighted by molar-refractivity contribution is 0.266. The van der Waals surface area contributed by atoms with E-state index in [2.05, 4.69) is 22.3 Å². The van der Waals surface area contributed by atoms with Crippen LogP contribution in [0, 0.1) is 0 Å². The summed E-state index contributed by atoms with van der Waals surface area (Å²) in [5.41, 5.74) is 0. The minimum atomic E-state index is -0.367. The van der Waals surface area contributed by atoms with E-state index in [0.29, 0.717) is 5.82 Å². The molecule has 0 aliphatic rings. The zero-order chi connectivity index (χ0) is 7.56. The molecule has 0 aliphatic carbocycles. The van der Waals surface area contributed by atoms with E-state index in [0.717, 1.165) is 0 Å².